The van der Waals surface area contributed by atoms with Crippen LogP contribution in [0.2, 0.25) is 0 Å². The molecule has 0 saturated carbocycles. The SMILES string of the molecule is O=C(O)C1CN(C(=O)C2CCS(=O)(=O)N2)c2ccccc21. The molecule has 1 saturated heterocycles. The molecular weight excluding hydrogens is 296 g/mol. The van der Waals surface area contributed by atoms with Gasteiger partial charge in [-0.05, 0) is 18.1 Å². The monoisotopic (exact) mass is 310 g/mol. The van der Waals surface area contributed by atoms with E-state index >= 15 is 0 Å². The Labute approximate surface area is 121 Å². The number of nitrogens with one attached hydrogen (secondary N) is 1. The number of carbonyl (C=O) groups excluding carboxylic acids is 1. The Morgan fingerprint density at radius 3 is 2.62 bits per heavy atom. The van der Waals surface area contributed by atoms with E-state index in [9.17, 15) is 23.1 Å². The number of carbonyl (C=O) groups is 2. The number of aliphatic carboxylic acids is 1. The number of carboxylic acids is 1. The molecule has 2 aliphatic heterocycles. The second-order valence-corrected chi connectivity index (χ2v) is 7.05. The van der Waals surface area contributed by atoms with Gasteiger partial charge >= 0.3 is 5.97 Å². The van der Waals surface area contributed by atoms with Crippen LogP contribution in [0.5, 0.6) is 0 Å². The van der Waals surface area contributed by atoms with Crippen LogP contribution < -0.4 is 9.62 Å². The Morgan fingerprint density at radius 1 is 1.29 bits per heavy atom. The summed E-state index contributed by atoms with van der Waals surface area (Å²) in [5.74, 6) is -2.25. The second-order valence-electron chi connectivity index (χ2n) is 5.18. The molecule has 2 unspecified atom stereocenters. The number of anilines is 1. The zero-order chi connectivity index (χ0) is 15.2. The van der Waals surface area contributed by atoms with E-state index in [0.717, 1.165) is 0 Å². The van der Waals surface area contributed by atoms with Crippen molar-refractivity contribution in [2.24, 2.45) is 0 Å². The average Bonchev–Trinajstić information content (AvgIpc) is 2.98. The molecule has 2 N–H and O–H groups in total. The number of sulfonamides is 1. The van der Waals surface area contributed by atoms with Gasteiger partial charge in [-0.1, -0.05) is 18.2 Å². The van der Waals surface area contributed by atoms with Crippen molar-refractivity contribution in [2.45, 2.75) is 18.4 Å². The van der Waals surface area contributed by atoms with Crippen molar-refractivity contribution in [3.8, 4) is 0 Å². The van der Waals surface area contributed by atoms with Crippen LogP contribution >= 0.6 is 0 Å². The highest BCUT2D eigenvalue weighted by atomic mass is 32.2. The lowest BCUT2D eigenvalue weighted by molar-refractivity contribution is -0.138. The van der Waals surface area contributed by atoms with E-state index < -0.39 is 33.9 Å². The summed E-state index contributed by atoms with van der Waals surface area (Å²) in [7, 11) is -3.39. The summed E-state index contributed by atoms with van der Waals surface area (Å²) in [5, 5.41) is 9.26. The summed E-state index contributed by atoms with van der Waals surface area (Å²) in [4.78, 5) is 25.1. The predicted molar refractivity (Wildman–Crippen MR) is 74.5 cm³/mol. The van der Waals surface area contributed by atoms with Crippen LogP contribution in [0, 0.1) is 0 Å². The van der Waals surface area contributed by atoms with Crippen LogP contribution in [0.25, 0.3) is 0 Å². The van der Waals surface area contributed by atoms with Crippen molar-refractivity contribution in [2.75, 3.05) is 17.2 Å². The first kappa shape index (κ1) is 14.0. The van der Waals surface area contributed by atoms with Gasteiger partial charge in [-0.25, -0.2) is 13.1 Å². The molecule has 21 heavy (non-hydrogen) atoms. The maximum Gasteiger partial charge on any atom is 0.312 e. The Kier molecular flexibility index (Phi) is 3.22. The Morgan fingerprint density at radius 2 is 2.00 bits per heavy atom. The Balaban J connectivity index is 1.90. The summed E-state index contributed by atoms with van der Waals surface area (Å²) in [6, 6.07) is 6.00. The van der Waals surface area contributed by atoms with Gasteiger partial charge in [-0.3, -0.25) is 9.59 Å². The third-order valence-corrected chi connectivity index (χ3v) is 5.24. The van der Waals surface area contributed by atoms with E-state index in [-0.39, 0.29) is 18.7 Å². The molecule has 0 bridgehead atoms. The van der Waals surface area contributed by atoms with Gasteiger partial charge in [0, 0.05) is 12.2 Å². The third kappa shape index (κ3) is 2.40. The number of hydrogen-bond acceptors (Lipinski definition) is 4. The molecule has 7 nitrogen and oxygen atoms in total. The van der Waals surface area contributed by atoms with E-state index in [1.807, 2.05) is 0 Å². The number of nitrogens with zero attached hydrogens (tertiary/aromatic N) is 1. The lowest BCUT2D eigenvalue weighted by Crippen LogP contribution is -2.44. The first-order valence-corrected chi connectivity index (χ1v) is 8.17. The van der Waals surface area contributed by atoms with E-state index in [4.69, 9.17) is 0 Å². The third-order valence-electron chi connectivity index (χ3n) is 3.83. The van der Waals surface area contributed by atoms with Gasteiger partial charge in [-0.2, -0.15) is 0 Å². The molecule has 2 heterocycles. The van der Waals surface area contributed by atoms with Gasteiger partial charge in [0.1, 0.15) is 12.0 Å². The molecule has 2 atom stereocenters. The maximum absolute atomic E-state index is 12.5. The second kappa shape index (κ2) is 4.81. The molecule has 2 aliphatic rings. The molecule has 0 aliphatic carbocycles. The summed E-state index contributed by atoms with van der Waals surface area (Å²) in [6.07, 6.45) is 0.206. The Hall–Kier alpha value is -1.93. The topological polar surface area (TPSA) is 104 Å². The summed E-state index contributed by atoms with van der Waals surface area (Å²) < 4.78 is 25.1. The number of hydrogen-bond donors (Lipinski definition) is 2. The molecule has 0 radical (unpaired) electrons. The van der Waals surface area contributed by atoms with Crippen molar-refractivity contribution >= 4 is 27.6 Å². The smallest absolute Gasteiger partial charge is 0.312 e. The molecule has 0 spiro atoms. The molecule has 1 aromatic carbocycles. The van der Waals surface area contributed by atoms with E-state index in [0.29, 0.717) is 11.3 Å². The highest BCUT2D eigenvalue weighted by Gasteiger charge is 2.41. The minimum Gasteiger partial charge on any atom is -0.481 e. The van der Waals surface area contributed by atoms with Crippen molar-refractivity contribution in [1.29, 1.82) is 0 Å². The zero-order valence-electron chi connectivity index (χ0n) is 11.0. The fourth-order valence-electron chi connectivity index (χ4n) is 2.80. The molecule has 1 fully saturated rings. The standard InChI is InChI=1S/C13H14N2O5S/c16-12(10-5-6-21(19,20)14-10)15-7-9(13(17)18)8-3-1-2-4-11(8)15/h1-4,9-10,14H,5-7H2,(H,17,18). The first-order chi connectivity index (χ1) is 9.89. The van der Waals surface area contributed by atoms with Crippen LogP contribution in [0.1, 0.15) is 17.9 Å². The zero-order valence-corrected chi connectivity index (χ0v) is 11.8. The number of benzene rings is 1. The minimum atomic E-state index is -3.39. The van der Waals surface area contributed by atoms with Crippen LogP contribution in [0.15, 0.2) is 24.3 Å². The van der Waals surface area contributed by atoms with Gasteiger partial charge in [0.05, 0.1) is 5.75 Å². The van der Waals surface area contributed by atoms with Crippen LogP contribution in [0.3, 0.4) is 0 Å². The summed E-state index contributed by atoms with van der Waals surface area (Å²) >= 11 is 0. The minimum absolute atomic E-state index is 0.0335. The van der Waals surface area contributed by atoms with E-state index in [1.165, 1.54) is 4.90 Å². The van der Waals surface area contributed by atoms with Crippen molar-refractivity contribution in [3.63, 3.8) is 0 Å². The summed E-state index contributed by atoms with van der Waals surface area (Å²) in [5.41, 5.74) is 1.13. The lowest BCUT2D eigenvalue weighted by Gasteiger charge is -2.20. The van der Waals surface area contributed by atoms with Gasteiger partial charge in [0.15, 0.2) is 0 Å². The number of amides is 1. The Bertz CT molecular complexity index is 715. The van der Waals surface area contributed by atoms with Gasteiger partial charge in [-0.15, -0.1) is 0 Å². The average molecular weight is 310 g/mol. The normalized spacial score (nSPS) is 26.6. The van der Waals surface area contributed by atoms with Crippen molar-refractivity contribution in [3.05, 3.63) is 29.8 Å². The number of carboxylic acid groups (broad SMARTS) is 1. The van der Waals surface area contributed by atoms with Gasteiger partial charge in [0.25, 0.3) is 0 Å². The quantitative estimate of drug-likeness (QED) is 0.793. The van der Waals surface area contributed by atoms with E-state index in [2.05, 4.69) is 4.72 Å². The van der Waals surface area contributed by atoms with E-state index in [1.54, 1.807) is 24.3 Å². The predicted octanol–water partition coefficient (Wildman–Crippen LogP) is -0.107. The van der Waals surface area contributed by atoms with Crippen LogP contribution in [0.4, 0.5) is 5.69 Å². The number of fused-ring (bicyclic) bond motifs is 1. The van der Waals surface area contributed by atoms with Gasteiger partial charge in [0.2, 0.25) is 15.9 Å². The number of rotatable bonds is 2. The van der Waals surface area contributed by atoms with Crippen molar-refractivity contribution in [1.82, 2.24) is 4.72 Å². The maximum atomic E-state index is 12.5. The first-order valence-electron chi connectivity index (χ1n) is 6.52. The summed E-state index contributed by atoms with van der Waals surface area (Å²) in [6.45, 7) is 0.0335. The molecule has 112 valence electrons. The van der Waals surface area contributed by atoms with Gasteiger partial charge < -0.3 is 10.0 Å². The highest BCUT2D eigenvalue weighted by molar-refractivity contribution is 7.89. The highest BCUT2D eigenvalue weighted by Crippen LogP contribution is 2.36. The van der Waals surface area contributed by atoms with Crippen molar-refractivity contribution < 1.29 is 23.1 Å². The molecule has 1 aromatic rings. The molecule has 0 aromatic heterocycles. The molecule has 3 rings (SSSR count). The largest absolute Gasteiger partial charge is 0.481 e. The molecular formula is C13H14N2O5S. The lowest BCUT2D eigenvalue weighted by atomic mass is 10.0. The fourth-order valence-corrected chi connectivity index (χ4v) is 4.11. The van der Waals surface area contributed by atoms with Crippen LogP contribution in [-0.2, 0) is 19.6 Å². The molecule has 8 heteroatoms. The van der Waals surface area contributed by atoms with Crippen LogP contribution in [-0.4, -0.2) is 43.7 Å². The molecule has 1 amide bonds. The fraction of sp³-hybridized carbons (Fsp3) is 0.385. The number of para-hydroxylation sites is 1.